The molecule has 0 aliphatic rings. The number of hydrogen-bond acceptors (Lipinski definition) is 2. The molecular weight excluding hydrogens is 256 g/mol. The molecule has 21 heavy (non-hydrogen) atoms. The second-order valence-electron chi connectivity index (χ2n) is 6.45. The van der Waals surface area contributed by atoms with Gasteiger partial charge in [-0.2, -0.15) is 0 Å². The van der Waals surface area contributed by atoms with Crippen molar-refractivity contribution in [3.05, 3.63) is 0 Å². The molecule has 0 spiro atoms. The molecule has 0 rings (SSSR count). The van der Waals surface area contributed by atoms with Crippen LogP contribution in [0.25, 0.3) is 0 Å². The van der Waals surface area contributed by atoms with Gasteiger partial charge < -0.3 is 0 Å². The Kier molecular flexibility index (Phi) is 19.8. The van der Waals surface area contributed by atoms with Crippen molar-refractivity contribution in [2.45, 2.75) is 110 Å². The van der Waals surface area contributed by atoms with E-state index in [-0.39, 0.29) is 0 Å². The van der Waals surface area contributed by atoms with Gasteiger partial charge in [-0.1, -0.05) is 97.3 Å². The number of unbranched alkanes of at least 4 members (excludes halogenated alkanes) is 13. The molecule has 0 fully saturated rings. The van der Waals surface area contributed by atoms with Gasteiger partial charge in [0.2, 0.25) is 0 Å². The SMILES string of the molecule is CCCCCCCCCCCCCCCCNNCCC. The average molecular weight is 299 g/mol. The summed E-state index contributed by atoms with van der Waals surface area (Å²) in [6.45, 7) is 6.69. The fourth-order valence-electron chi connectivity index (χ4n) is 2.71. The molecule has 0 saturated heterocycles. The Labute approximate surface area is 134 Å². The monoisotopic (exact) mass is 298 g/mol. The van der Waals surface area contributed by atoms with E-state index in [1.165, 1.54) is 96.3 Å². The Morgan fingerprint density at radius 3 is 1.19 bits per heavy atom. The zero-order chi connectivity index (χ0) is 15.4. The molecule has 2 N–H and O–H groups in total. The van der Waals surface area contributed by atoms with Gasteiger partial charge in [-0.05, 0) is 12.8 Å². The molecular formula is C19H42N2. The zero-order valence-electron chi connectivity index (χ0n) is 15.0. The number of rotatable bonds is 18. The van der Waals surface area contributed by atoms with E-state index in [1.807, 2.05) is 0 Å². The minimum Gasteiger partial charge on any atom is -0.258 e. The van der Waals surface area contributed by atoms with Crippen molar-refractivity contribution < 1.29 is 0 Å². The summed E-state index contributed by atoms with van der Waals surface area (Å²) in [6.07, 6.45) is 21.3. The molecule has 0 amide bonds. The summed E-state index contributed by atoms with van der Waals surface area (Å²) in [6, 6.07) is 0. The van der Waals surface area contributed by atoms with E-state index in [4.69, 9.17) is 0 Å². The predicted molar refractivity (Wildman–Crippen MR) is 96.6 cm³/mol. The highest BCUT2D eigenvalue weighted by Gasteiger charge is 1.94. The van der Waals surface area contributed by atoms with E-state index < -0.39 is 0 Å². The Bertz CT molecular complexity index is 153. The lowest BCUT2D eigenvalue weighted by molar-refractivity contribution is 0.494. The summed E-state index contributed by atoms with van der Waals surface area (Å²) < 4.78 is 0. The van der Waals surface area contributed by atoms with Crippen molar-refractivity contribution >= 4 is 0 Å². The summed E-state index contributed by atoms with van der Waals surface area (Å²) in [4.78, 5) is 0. The molecule has 0 saturated carbocycles. The quantitative estimate of drug-likeness (QED) is 0.240. The first-order chi connectivity index (χ1) is 10.4. The molecule has 0 unspecified atom stereocenters. The molecule has 0 aromatic heterocycles. The van der Waals surface area contributed by atoms with Crippen LogP contribution in [0.5, 0.6) is 0 Å². The second-order valence-corrected chi connectivity index (χ2v) is 6.45. The highest BCUT2D eigenvalue weighted by atomic mass is 15.3. The molecule has 0 aliphatic heterocycles. The zero-order valence-corrected chi connectivity index (χ0v) is 15.0. The van der Waals surface area contributed by atoms with Gasteiger partial charge >= 0.3 is 0 Å². The maximum atomic E-state index is 3.28. The van der Waals surface area contributed by atoms with Crippen LogP contribution in [0.1, 0.15) is 110 Å². The van der Waals surface area contributed by atoms with Crippen LogP contribution in [0.15, 0.2) is 0 Å². The lowest BCUT2D eigenvalue weighted by Gasteiger charge is -2.05. The minimum atomic E-state index is 1.08. The molecule has 0 aromatic carbocycles. The summed E-state index contributed by atoms with van der Waals surface area (Å²) >= 11 is 0. The lowest BCUT2D eigenvalue weighted by Crippen LogP contribution is -2.32. The van der Waals surface area contributed by atoms with E-state index in [9.17, 15) is 0 Å². The van der Waals surface area contributed by atoms with E-state index >= 15 is 0 Å². The van der Waals surface area contributed by atoms with Crippen molar-refractivity contribution in [3.8, 4) is 0 Å². The van der Waals surface area contributed by atoms with Gasteiger partial charge in [0.1, 0.15) is 0 Å². The molecule has 0 aromatic rings. The first-order valence-electron chi connectivity index (χ1n) is 9.87. The lowest BCUT2D eigenvalue weighted by atomic mass is 10.0. The molecule has 2 heteroatoms. The van der Waals surface area contributed by atoms with E-state index in [2.05, 4.69) is 24.7 Å². The van der Waals surface area contributed by atoms with Crippen LogP contribution in [0.2, 0.25) is 0 Å². The molecule has 128 valence electrons. The fraction of sp³-hybridized carbons (Fsp3) is 1.00. The van der Waals surface area contributed by atoms with Crippen molar-refractivity contribution in [1.82, 2.24) is 10.9 Å². The van der Waals surface area contributed by atoms with Gasteiger partial charge in [0.05, 0.1) is 0 Å². The van der Waals surface area contributed by atoms with Crippen LogP contribution in [0, 0.1) is 0 Å². The Balaban J connectivity index is 2.90. The molecule has 0 aliphatic carbocycles. The van der Waals surface area contributed by atoms with Crippen molar-refractivity contribution in [2.75, 3.05) is 13.1 Å². The summed E-state index contributed by atoms with van der Waals surface area (Å²) in [7, 11) is 0. The standard InChI is InChI=1S/C19H42N2/c1-3-5-6-7-8-9-10-11-12-13-14-15-16-17-19-21-20-18-4-2/h20-21H,3-19H2,1-2H3. The van der Waals surface area contributed by atoms with Crippen LogP contribution in [0.3, 0.4) is 0 Å². The minimum absolute atomic E-state index is 1.08. The topological polar surface area (TPSA) is 24.1 Å². The van der Waals surface area contributed by atoms with E-state index in [1.54, 1.807) is 0 Å². The van der Waals surface area contributed by atoms with E-state index in [0.717, 1.165) is 13.1 Å². The molecule has 2 nitrogen and oxygen atoms in total. The van der Waals surface area contributed by atoms with Gasteiger partial charge in [-0.3, -0.25) is 10.9 Å². The molecule has 0 heterocycles. The normalized spacial score (nSPS) is 11.1. The number of hydrazine groups is 1. The highest BCUT2D eigenvalue weighted by molar-refractivity contribution is 4.50. The predicted octanol–water partition coefficient (Wildman–Crippen LogP) is 5.97. The van der Waals surface area contributed by atoms with Gasteiger partial charge in [-0.15, -0.1) is 0 Å². The third-order valence-corrected chi connectivity index (χ3v) is 4.16. The van der Waals surface area contributed by atoms with Crippen molar-refractivity contribution in [1.29, 1.82) is 0 Å². The third kappa shape index (κ3) is 19.9. The maximum absolute atomic E-state index is 3.28. The second kappa shape index (κ2) is 19.9. The number of nitrogens with one attached hydrogen (secondary N) is 2. The maximum Gasteiger partial charge on any atom is 0.00997 e. The molecule has 0 bridgehead atoms. The third-order valence-electron chi connectivity index (χ3n) is 4.16. The summed E-state index contributed by atoms with van der Waals surface area (Å²) in [5, 5.41) is 0. The van der Waals surface area contributed by atoms with Crippen LogP contribution in [-0.2, 0) is 0 Å². The highest BCUT2D eigenvalue weighted by Crippen LogP contribution is 2.12. The van der Waals surface area contributed by atoms with Crippen molar-refractivity contribution in [2.24, 2.45) is 0 Å². The van der Waals surface area contributed by atoms with Crippen LogP contribution >= 0.6 is 0 Å². The van der Waals surface area contributed by atoms with Crippen LogP contribution in [0.4, 0.5) is 0 Å². The van der Waals surface area contributed by atoms with Gasteiger partial charge in [0.15, 0.2) is 0 Å². The first kappa shape index (κ1) is 20.9. The molecule has 0 radical (unpaired) electrons. The first-order valence-corrected chi connectivity index (χ1v) is 9.87. The Morgan fingerprint density at radius 2 is 0.762 bits per heavy atom. The Morgan fingerprint density at radius 1 is 0.381 bits per heavy atom. The smallest absolute Gasteiger partial charge is 0.00997 e. The Hall–Kier alpha value is -0.0800. The van der Waals surface area contributed by atoms with E-state index in [0.29, 0.717) is 0 Å². The van der Waals surface area contributed by atoms with Crippen molar-refractivity contribution in [3.63, 3.8) is 0 Å². The van der Waals surface area contributed by atoms with Gasteiger partial charge in [0.25, 0.3) is 0 Å². The molecule has 0 atom stereocenters. The van der Waals surface area contributed by atoms with Crippen LogP contribution in [-0.4, -0.2) is 13.1 Å². The number of hydrogen-bond donors (Lipinski definition) is 2. The van der Waals surface area contributed by atoms with Gasteiger partial charge in [0, 0.05) is 13.1 Å². The average Bonchev–Trinajstić information content (AvgIpc) is 2.50. The fourth-order valence-corrected chi connectivity index (χ4v) is 2.71. The van der Waals surface area contributed by atoms with Crippen LogP contribution < -0.4 is 10.9 Å². The van der Waals surface area contributed by atoms with Gasteiger partial charge in [-0.25, -0.2) is 0 Å². The summed E-state index contributed by atoms with van der Waals surface area (Å²) in [5.41, 5.74) is 6.51. The summed E-state index contributed by atoms with van der Waals surface area (Å²) in [5.74, 6) is 0. The largest absolute Gasteiger partial charge is 0.258 e.